The predicted octanol–water partition coefficient (Wildman–Crippen LogP) is 4.33. The molecule has 176 valence electrons. The molecule has 3 heterocycles. The molecule has 1 atom stereocenters. The third kappa shape index (κ3) is 3.61. The Balaban J connectivity index is 1.60. The fourth-order valence-electron chi connectivity index (χ4n) is 5.32. The average Bonchev–Trinajstić information content (AvgIpc) is 3.42. The number of nitrogens with zero attached hydrogens (tertiary/aromatic N) is 4. The third-order valence-corrected chi connectivity index (χ3v) is 6.83. The van der Waals surface area contributed by atoms with Crippen molar-refractivity contribution in [2.45, 2.75) is 32.9 Å². The van der Waals surface area contributed by atoms with Crippen LogP contribution in [0.3, 0.4) is 0 Å². The van der Waals surface area contributed by atoms with Gasteiger partial charge in [-0.15, -0.1) is 0 Å². The number of pyridine rings is 1. The van der Waals surface area contributed by atoms with Crippen molar-refractivity contribution in [1.82, 2.24) is 14.1 Å². The van der Waals surface area contributed by atoms with E-state index < -0.39 is 0 Å². The number of aromatic nitrogens is 3. The number of hydrogen-bond donors (Lipinski definition) is 0. The van der Waals surface area contributed by atoms with Crippen molar-refractivity contribution in [3.05, 3.63) is 81.9 Å². The zero-order valence-corrected chi connectivity index (χ0v) is 20.1. The minimum Gasteiger partial charge on any atom is -0.496 e. The smallest absolute Gasteiger partial charge is 0.329 e. The van der Waals surface area contributed by atoms with E-state index in [1.165, 1.54) is 16.8 Å². The zero-order chi connectivity index (χ0) is 23.8. The first-order chi connectivity index (χ1) is 16.5. The number of ether oxygens (including phenoxy) is 2. The molecule has 0 N–H and O–H groups in total. The molecule has 7 heteroatoms. The lowest BCUT2D eigenvalue weighted by Crippen LogP contribution is -2.30. The van der Waals surface area contributed by atoms with E-state index in [4.69, 9.17) is 9.47 Å². The van der Waals surface area contributed by atoms with Crippen molar-refractivity contribution >= 4 is 16.7 Å². The lowest BCUT2D eigenvalue weighted by Gasteiger charge is -2.23. The van der Waals surface area contributed by atoms with Crippen LogP contribution in [0, 0.1) is 13.8 Å². The monoisotopic (exact) mass is 458 g/mol. The van der Waals surface area contributed by atoms with E-state index in [2.05, 4.69) is 41.9 Å². The second kappa shape index (κ2) is 8.89. The van der Waals surface area contributed by atoms with Crippen LogP contribution in [0.4, 0.5) is 5.69 Å². The number of methoxy groups -OCH3 is 2. The van der Waals surface area contributed by atoms with Gasteiger partial charge in [-0.25, -0.2) is 9.78 Å². The van der Waals surface area contributed by atoms with Gasteiger partial charge in [-0.2, -0.15) is 0 Å². The van der Waals surface area contributed by atoms with Gasteiger partial charge in [0.1, 0.15) is 11.3 Å². The number of hydrogen-bond acceptors (Lipinski definition) is 5. The first-order valence-electron chi connectivity index (χ1n) is 11.6. The maximum absolute atomic E-state index is 13.9. The summed E-state index contributed by atoms with van der Waals surface area (Å²) in [4.78, 5) is 20.7. The van der Waals surface area contributed by atoms with E-state index in [-0.39, 0.29) is 11.7 Å². The molecule has 1 unspecified atom stereocenters. The van der Waals surface area contributed by atoms with E-state index in [0.29, 0.717) is 17.9 Å². The highest BCUT2D eigenvalue weighted by Crippen LogP contribution is 2.34. The molecule has 0 radical (unpaired) electrons. The molecule has 2 aromatic carbocycles. The lowest BCUT2D eigenvalue weighted by molar-refractivity contribution is 0.399. The highest BCUT2D eigenvalue weighted by atomic mass is 16.5. The fourth-order valence-corrected chi connectivity index (χ4v) is 5.32. The highest BCUT2D eigenvalue weighted by Gasteiger charge is 2.30. The molecule has 0 aliphatic carbocycles. The van der Waals surface area contributed by atoms with Crippen LogP contribution >= 0.6 is 0 Å². The summed E-state index contributed by atoms with van der Waals surface area (Å²) in [5.74, 6) is 1.20. The van der Waals surface area contributed by atoms with Gasteiger partial charge in [0.2, 0.25) is 5.88 Å². The number of para-hydroxylation sites is 2. The Kier molecular flexibility index (Phi) is 5.77. The van der Waals surface area contributed by atoms with Crippen molar-refractivity contribution in [2.75, 3.05) is 32.2 Å². The van der Waals surface area contributed by atoms with Crippen molar-refractivity contribution < 1.29 is 9.47 Å². The van der Waals surface area contributed by atoms with Crippen molar-refractivity contribution in [2.24, 2.45) is 0 Å². The Labute approximate surface area is 199 Å². The summed E-state index contributed by atoms with van der Waals surface area (Å²) in [5, 5.41) is 0. The average molecular weight is 459 g/mol. The second-order valence-electron chi connectivity index (χ2n) is 8.87. The first-order valence-corrected chi connectivity index (χ1v) is 11.6. The van der Waals surface area contributed by atoms with Gasteiger partial charge in [0.25, 0.3) is 0 Å². The maximum Gasteiger partial charge on any atom is 0.329 e. The normalized spacial score (nSPS) is 15.8. The number of anilines is 1. The van der Waals surface area contributed by atoms with Crippen LogP contribution in [-0.2, 0) is 6.54 Å². The Morgan fingerprint density at radius 2 is 1.76 bits per heavy atom. The molecule has 4 aromatic rings. The van der Waals surface area contributed by atoms with Crippen LogP contribution in [-0.4, -0.2) is 41.4 Å². The molecule has 1 fully saturated rings. The summed E-state index contributed by atoms with van der Waals surface area (Å²) in [6, 6.07) is 16.1. The van der Waals surface area contributed by atoms with Crippen LogP contribution in [0.1, 0.15) is 29.2 Å². The standard InChI is InChI=1S/C27H30N4O3/c1-18-8-7-9-19(2)24(18)29-15-13-21(17-29)31-22-12-14-28-26(34-4)25(22)30(27(31)32)16-20-10-5-6-11-23(20)33-3/h5-12,14,21H,13,15-17H2,1-4H3. The van der Waals surface area contributed by atoms with Gasteiger partial charge in [0, 0.05) is 30.5 Å². The van der Waals surface area contributed by atoms with Gasteiger partial charge in [-0.3, -0.25) is 9.13 Å². The highest BCUT2D eigenvalue weighted by molar-refractivity contribution is 5.81. The first kappa shape index (κ1) is 22.1. The number of rotatable bonds is 6. The van der Waals surface area contributed by atoms with E-state index in [1.54, 1.807) is 25.0 Å². The fraction of sp³-hybridized carbons (Fsp3) is 0.333. The van der Waals surface area contributed by atoms with E-state index in [9.17, 15) is 4.79 Å². The van der Waals surface area contributed by atoms with E-state index in [0.717, 1.165) is 36.3 Å². The molecule has 34 heavy (non-hydrogen) atoms. The Morgan fingerprint density at radius 1 is 1.00 bits per heavy atom. The van der Waals surface area contributed by atoms with Gasteiger partial charge < -0.3 is 14.4 Å². The van der Waals surface area contributed by atoms with Crippen LogP contribution in [0.5, 0.6) is 11.6 Å². The van der Waals surface area contributed by atoms with Gasteiger partial charge in [0.15, 0.2) is 0 Å². The number of imidazole rings is 1. The minimum atomic E-state index is -0.0550. The SMILES string of the molecule is COc1ccccc1Cn1c(=O)n(C2CCN(c3c(C)cccc3C)C2)c2ccnc(OC)c21. The molecule has 5 rings (SSSR count). The summed E-state index contributed by atoms with van der Waals surface area (Å²) in [7, 11) is 3.24. The summed E-state index contributed by atoms with van der Waals surface area (Å²) in [5.41, 5.74) is 6.23. The zero-order valence-electron chi connectivity index (χ0n) is 20.1. The Bertz CT molecular complexity index is 1380. The molecule has 1 saturated heterocycles. The quantitative estimate of drug-likeness (QED) is 0.430. The molecule has 0 amide bonds. The minimum absolute atomic E-state index is 0.0550. The molecule has 0 bridgehead atoms. The molecule has 0 saturated carbocycles. The van der Waals surface area contributed by atoms with E-state index in [1.807, 2.05) is 34.9 Å². The summed E-state index contributed by atoms with van der Waals surface area (Å²) in [6.07, 6.45) is 2.61. The van der Waals surface area contributed by atoms with Crippen LogP contribution in [0.2, 0.25) is 0 Å². The van der Waals surface area contributed by atoms with Crippen molar-refractivity contribution in [3.63, 3.8) is 0 Å². The number of fused-ring (bicyclic) bond motifs is 1. The Hall–Kier alpha value is -3.74. The third-order valence-electron chi connectivity index (χ3n) is 6.83. The molecular formula is C27H30N4O3. The maximum atomic E-state index is 13.9. The molecule has 1 aliphatic heterocycles. The lowest BCUT2D eigenvalue weighted by atomic mass is 10.1. The van der Waals surface area contributed by atoms with Gasteiger partial charge in [0.05, 0.1) is 32.3 Å². The Morgan fingerprint density at radius 3 is 2.50 bits per heavy atom. The molecule has 1 aliphatic rings. The number of benzene rings is 2. The summed E-state index contributed by atoms with van der Waals surface area (Å²) in [6.45, 7) is 6.37. The van der Waals surface area contributed by atoms with Crippen molar-refractivity contribution in [1.29, 1.82) is 0 Å². The summed E-state index contributed by atoms with van der Waals surface area (Å²) >= 11 is 0. The predicted molar refractivity (Wildman–Crippen MR) is 134 cm³/mol. The largest absolute Gasteiger partial charge is 0.496 e. The molecule has 7 nitrogen and oxygen atoms in total. The summed E-state index contributed by atoms with van der Waals surface area (Å²) < 4.78 is 14.8. The molecular weight excluding hydrogens is 428 g/mol. The van der Waals surface area contributed by atoms with Crippen LogP contribution in [0.25, 0.3) is 11.0 Å². The second-order valence-corrected chi connectivity index (χ2v) is 8.87. The van der Waals surface area contributed by atoms with E-state index >= 15 is 0 Å². The van der Waals surface area contributed by atoms with Gasteiger partial charge in [-0.1, -0.05) is 36.4 Å². The number of aryl methyl sites for hydroxylation is 2. The molecule has 0 spiro atoms. The van der Waals surface area contributed by atoms with Gasteiger partial charge in [-0.05, 0) is 43.5 Å². The van der Waals surface area contributed by atoms with Gasteiger partial charge >= 0.3 is 5.69 Å². The molecule has 2 aromatic heterocycles. The van der Waals surface area contributed by atoms with Crippen LogP contribution < -0.4 is 20.1 Å². The van der Waals surface area contributed by atoms with Crippen LogP contribution in [0.15, 0.2) is 59.5 Å². The van der Waals surface area contributed by atoms with Crippen molar-refractivity contribution in [3.8, 4) is 11.6 Å². The topological polar surface area (TPSA) is 61.5 Å².